The van der Waals surface area contributed by atoms with Crippen LogP contribution >= 0.6 is 0 Å². The third kappa shape index (κ3) is 1.87. The van der Waals surface area contributed by atoms with Crippen LogP contribution in [-0.4, -0.2) is 40.0 Å². The molecule has 1 aliphatic heterocycles. The summed E-state index contributed by atoms with van der Waals surface area (Å²) in [5.74, 6) is -0.903. The first kappa shape index (κ1) is 11.9. The normalized spacial score (nSPS) is 33.0. The molecular weight excluding hydrogens is 224 g/mol. The number of nitrogens with zero attached hydrogens (tertiary/aromatic N) is 1. The molecule has 0 aromatic carbocycles. The van der Waals surface area contributed by atoms with Crippen molar-refractivity contribution in [2.45, 2.75) is 38.1 Å². The largest absolute Gasteiger partial charge is 0.480 e. The molecule has 0 radical (unpaired) electrons. The highest BCUT2D eigenvalue weighted by atomic mass is 16.4. The highest BCUT2D eigenvalue weighted by Gasteiger charge is 2.54. The van der Waals surface area contributed by atoms with E-state index in [2.05, 4.69) is 12.2 Å². The van der Waals surface area contributed by atoms with E-state index in [1.807, 2.05) is 0 Å². The van der Waals surface area contributed by atoms with Crippen molar-refractivity contribution in [1.82, 2.24) is 10.2 Å². The Hall–Kier alpha value is -1.59. The van der Waals surface area contributed by atoms with E-state index in [9.17, 15) is 14.4 Å². The molecule has 2 aliphatic rings. The van der Waals surface area contributed by atoms with Crippen molar-refractivity contribution in [3.8, 4) is 0 Å². The fourth-order valence-electron chi connectivity index (χ4n) is 2.69. The summed E-state index contributed by atoms with van der Waals surface area (Å²) in [4.78, 5) is 35.4. The number of nitrogens with one attached hydrogen (secondary N) is 1. The Balaban J connectivity index is 2.25. The van der Waals surface area contributed by atoms with Crippen LogP contribution in [0.15, 0.2) is 0 Å². The van der Waals surface area contributed by atoms with Gasteiger partial charge in [0.2, 0.25) is 0 Å². The number of aliphatic carboxylic acids is 1. The molecule has 1 saturated carbocycles. The first-order chi connectivity index (χ1) is 7.95. The molecule has 94 valence electrons. The molecule has 0 atom stereocenters. The molecule has 0 aromatic rings. The summed E-state index contributed by atoms with van der Waals surface area (Å²) in [6.45, 7) is 1.69. The van der Waals surface area contributed by atoms with Gasteiger partial charge in [0.15, 0.2) is 0 Å². The fraction of sp³-hybridized carbons (Fsp3) is 0.727. The molecular formula is C11H16N2O4. The Morgan fingerprint density at radius 2 is 2.06 bits per heavy atom. The lowest BCUT2D eigenvalue weighted by atomic mass is 9.76. The molecule has 0 bridgehead atoms. The maximum absolute atomic E-state index is 11.9. The van der Waals surface area contributed by atoms with Crippen LogP contribution in [0.1, 0.15) is 32.6 Å². The first-order valence-corrected chi connectivity index (χ1v) is 5.80. The molecule has 3 amide bonds. The predicted molar refractivity (Wildman–Crippen MR) is 58.2 cm³/mol. The Morgan fingerprint density at radius 1 is 1.47 bits per heavy atom. The second-order valence-electron chi connectivity index (χ2n) is 4.95. The van der Waals surface area contributed by atoms with Crippen molar-refractivity contribution in [2.24, 2.45) is 5.92 Å². The number of rotatable bonds is 2. The molecule has 17 heavy (non-hydrogen) atoms. The minimum atomic E-state index is -1.09. The monoisotopic (exact) mass is 240 g/mol. The second kappa shape index (κ2) is 4.01. The van der Waals surface area contributed by atoms with Crippen LogP contribution in [-0.2, 0) is 9.59 Å². The summed E-state index contributed by atoms with van der Waals surface area (Å²) in [6.07, 6.45) is 2.80. The maximum Gasteiger partial charge on any atom is 0.325 e. The van der Waals surface area contributed by atoms with Gasteiger partial charge in [-0.1, -0.05) is 6.92 Å². The van der Waals surface area contributed by atoms with E-state index in [0.717, 1.165) is 12.8 Å². The third-order valence-electron chi connectivity index (χ3n) is 3.80. The van der Waals surface area contributed by atoms with Crippen LogP contribution < -0.4 is 5.32 Å². The Morgan fingerprint density at radius 3 is 2.59 bits per heavy atom. The summed E-state index contributed by atoms with van der Waals surface area (Å²) in [7, 11) is 0. The SMILES string of the molecule is CC1CCC2(CC1)C(=O)NC(=O)N2CC(=O)O. The lowest BCUT2D eigenvalue weighted by Gasteiger charge is -2.39. The Kier molecular flexibility index (Phi) is 2.81. The van der Waals surface area contributed by atoms with Crippen molar-refractivity contribution in [1.29, 1.82) is 0 Å². The van der Waals surface area contributed by atoms with E-state index in [0.29, 0.717) is 18.8 Å². The zero-order valence-electron chi connectivity index (χ0n) is 9.73. The molecule has 2 rings (SSSR count). The number of imide groups is 1. The topological polar surface area (TPSA) is 86.7 Å². The maximum atomic E-state index is 11.9. The van der Waals surface area contributed by atoms with Crippen LogP contribution in [0.25, 0.3) is 0 Å². The quantitative estimate of drug-likeness (QED) is 0.691. The standard InChI is InChI=1S/C11H16N2O4/c1-7-2-4-11(5-3-7)9(16)12-10(17)13(11)6-8(14)15/h7H,2-6H2,1H3,(H,14,15)(H,12,16,17). The Labute approximate surface area is 99.0 Å². The van der Waals surface area contributed by atoms with Crippen molar-refractivity contribution < 1.29 is 19.5 Å². The molecule has 2 fully saturated rings. The van der Waals surface area contributed by atoms with Gasteiger partial charge in [-0.15, -0.1) is 0 Å². The summed E-state index contributed by atoms with van der Waals surface area (Å²) in [5.41, 5.74) is -0.915. The zero-order chi connectivity index (χ0) is 12.6. The second-order valence-corrected chi connectivity index (χ2v) is 4.95. The van der Waals surface area contributed by atoms with Crippen molar-refractivity contribution >= 4 is 17.9 Å². The molecule has 0 aromatic heterocycles. The number of carbonyl (C=O) groups is 3. The number of amides is 3. The van der Waals surface area contributed by atoms with Gasteiger partial charge in [-0.05, 0) is 31.6 Å². The van der Waals surface area contributed by atoms with Gasteiger partial charge in [0.25, 0.3) is 5.91 Å². The van der Waals surface area contributed by atoms with Gasteiger partial charge in [-0.3, -0.25) is 19.8 Å². The average molecular weight is 240 g/mol. The lowest BCUT2D eigenvalue weighted by molar-refractivity contribution is -0.140. The lowest BCUT2D eigenvalue weighted by Crippen LogP contribution is -2.53. The van der Waals surface area contributed by atoms with Crippen molar-refractivity contribution in [3.63, 3.8) is 0 Å². The highest BCUT2D eigenvalue weighted by molar-refractivity contribution is 6.07. The molecule has 6 heteroatoms. The molecule has 1 aliphatic carbocycles. The number of carboxylic acid groups (broad SMARTS) is 1. The zero-order valence-corrected chi connectivity index (χ0v) is 9.73. The Bertz CT molecular complexity index is 372. The van der Waals surface area contributed by atoms with Crippen LogP contribution in [0.2, 0.25) is 0 Å². The summed E-state index contributed by atoms with van der Waals surface area (Å²) < 4.78 is 0. The number of carboxylic acids is 1. The van der Waals surface area contributed by atoms with E-state index in [1.165, 1.54) is 4.90 Å². The average Bonchev–Trinajstić information content (AvgIpc) is 2.47. The fourth-order valence-corrected chi connectivity index (χ4v) is 2.69. The molecule has 2 N–H and O–H groups in total. The molecule has 6 nitrogen and oxygen atoms in total. The van der Waals surface area contributed by atoms with Crippen LogP contribution in [0.5, 0.6) is 0 Å². The van der Waals surface area contributed by atoms with E-state index < -0.39 is 24.1 Å². The third-order valence-corrected chi connectivity index (χ3v) is 3.80. The molecule has 0 unspecified atom stereocenters. The predicted octanol–water partition coefficient (Wildman–Crippen LogP) is 0.572. The van der Waals surface area contributed by atoms with Crippen molar-refractivity contribution in [2.75, 3.05) is 6.54 Å². The van der Waals surface area contributed by atoms with Gasteiger partial charge < -0.3 is 5.11 Å². The van der Waals surface area contributed by atoms with Gasteiger partial charge >= 0.3 is 12.0 Å². The van der Waals surface area contributed by atoms with Gasteiger partial charge in [0, 0.05) is 0 Å². The number of hydrogen-bond acceptors (Lipinski definition) is 3. The molecule has 1 spiro atoms. The van der Waals surface area contributed by atoms with Crippen molar-refractivity contribution in [3.05, 3.63) is 0 Å². The minimum absolute atomic E-state index is 0.337. The summed E-state index contributed by atoms with van der Waals surface area (Å²) in [5, 5.41) is 11.0. The van der Waals surface area contributed by atoms with Gasteiger partial charge in [-0.2, -0.15) is 0 Å². The number of carbonyl (C=O) groups excluding carboxylic acids is 2. The van der Waals surface area contributed by atoms with Gasteiger partial charge in [0.05, 0.1) is 0 Å². The van der Waals surface area contributed by atoms with E-state index >= 15 is 0 Å². The smallest absolute Gasteiger partial charge is 0.325 e. The van der Waals surface area contributed by atoms with Crippen LogP contribution in [0, 0.1) is 5.92 Å². The summed E-state index contributed by atoms with van der Waals surface area (Å²) in [6, 6.07) is -0.577. The van der Waals surface area contributed by atoms with E-state index in [4.69, 9.17) is 5.11 Å². The van der Waals surface area contributed by atoms with Gasteiger partial charge in [-0.25, -0.2) is 4.79 Å². The highest BCUT2D eigenvalue weighted by Crippen LogP contribution is 2.39. The van der Waals surface area contributed by atoms with Crippen LogP contribution in [0.3, 0.4) is 0 Å². The van der Waals surface area contributed by atoms with E-state index in [-0.39, 0.29) is 5.91 Å². The number of hydrogen-bond donors (Lipinski definition) is 2. The first-order valence-electron chi connectivity index (χ1n) is 5.80. The molecule has 1 saturated heterocycles. The van der Waals surface area contributed by atoms with Gasteiger partial charge in [0.1, 0.15) is 12.1 Å². The number of urea groups is 1. The summed E-state index contributed by atoms with van der Waals surface area (Å²) >= 11 is 0. The van der Waals surface area contributed by atoms with E-state index in [1.54, 1.807) is 0 Å². The van der Waals surface area contributed by atoms with Crippen LogP contribution in [0.4, 0.5) is 4.79 Å². The minimum Gasteiger partial charge on any atom is -0.480 e. The molecule has 1 heterocycles.